The molecule has 0 atom stereocenters. The predicted octanol–water partition coefficient (Wildman–Crippen LogP) is 6.04. The van der Waals surface area contributed by atoms with Gasteiger partial charge in [-0.3, -0.25) is 9.52 Å². The highest BCUT2D eigenvalue weighted by Crippen LogP contribution is 2.36. The van der Waals surface area contributed by atoms with Crippen molar-refractivity contribution >= 4 is 55.7 Å². The van der Waals surface area contributed by atoms with Gasteiger partial charge >= 0.3 is 12.1 Å². The van der Waals surface area contributed by atoms with Crippen LogP contribution in [0.3, 0.4) is 0 Å². The van der Waals surface area contributed by atoms with Gasteiger partial charge in [0.2, 0.25) is 5.91 Å². The van der Waals surface area contributed by atoms with E-state index in [1.165, 1.54) is 29.7 Å². The van der Waals surface area contributed by atoms with Crippen LogP contribution in [0.4, 0.5) is 24.0 Å². The minimum atomic E-state index is -5.08. The molecule has 0 saturated heterocycles. The van der Waals surface area contributed by atoms with E-state index in [1.54, 1.807) is 19.1 Å². The van der Waals surface area contributed by atoms with E-state index in [4.69, 9.17) is 21.5 Å². The van der Waals surface area contributed by atoms with Crippen molar-refractivity contribution in [2.45, 2.75) is 50.6 Å². The molecule has 0 aliphatic heterocycles. The Bertz CT molecular complexity index is 1470. The molecular weight excluding hydrogens is 581 g/mol. The number of carbonyl (C=O) groups excluding carboxylic acids is 1. The number of nitrogens with zero attached hydrogens (tertiary/aromatic N) is 2. The third-order valence-corrected chi connectivity index (χ3v) is 8.57. The number of amides is 1. The van der Waals surface area contributed by atoms with Gasteiger partial charge < -0.3 is 10.4 Å². The normalized spacial score (nSPS) is 13.9. The topological polar surface area (TPSA) is 138 Å². The van der Waals surface area contributed by atoms with Gasteiger partial charge in [-0.05, 0) is 56.0 Å². The van der Waals surface area contributed by atoms with Crippen molar-refractivity contribution < 1.29 is 36.3 Å². The van der Waals surface area contributed by atoms with E-state index in [-0.39, 0.29) is 21.9 Å². The lowest BCUT2D eigenvalue weighted by molar-refractivity contribution is -0.192. The number of benzene rings is 1. The molecule has 1 amide bonds. The number of nitrogens with one attached hydrogen (secondary N) is 2. The van der Waals surface area contributed by atoms with Crippen LogP contribution < -0.4 is 10.0 Å². The number of alkyl halides is 3. The number of anilines is 2. The molecule has 1 fully saturated rings. The van der Waals surface area contributed by atoms with Crippen LogP contribution in [0.25, 0.3) is 10.4 Å². The number of hydrogen-bond acceptors (Lipinski definition) is 7. The molecule has 1 aromatic carbocycles. The Morgan fingerprint density at radius 1 is 1.13 bits per heavy atom. The average molecular weight is 605 g/mol. The van der Waals surface area contributed by atoms with Crippen LogP contribution >= 0.6 is 22.9 Å². The first-order valence-corrected chi connectivity index (χ1v) is 14.2. The van der Waals surface area contributed by atoms with Crippen molar-refractivity contribution in [3.8, 4) is 10.4 Å². The molecule has 1 aliphatic carbocycles. The van der Waals surface area contributed by atoms with Crippen LogP contribution in [0.5, 0.6) is 0 Å². The van der Waals surface area contributed by atoms with Gasteiger partial charge in [0.25, 0.3) is 10.0 Å². The van der Waals surface area contributed by atoms with Crippen molar-refractivity contribution in [2.24, 2.45) is 5.92 Å². The van der Waals surface area contributed by atoms with Crippen molar-refractivity contribution in [3.05, 3.63) is 52.9 Å². The molecule has 2 aromatic heterocycles. The number of carboxylic acids is 1. The van der Waals surface area contributed by atoms with Crippen LogP contribution in [0, 0.1) is 19.8 Å². The van der Waals surface area contributed by atoms with Gasteiger partial charge in [0, 0.05) is 12.1 Å². The van der Waals surface area contributed by atoms with Crippen LogP contribution in [0.15, 0.2) is 41.4 Å². The maximum atomic E-state index is 13.1. The Morgan fingerprint density at radius 3 is 2.36 bits per heavy atom. The molecule has 15 heteroatoms. The highest BCUT2D eigenvalue weighted by atomic mass is 35.5. The van der Waals surface area contributed by atoms with Gasteiger partial charge in [-0.2, -0.15) is 13.2 Å². The van der Waals surface area contributed by atoms with E-state index in [9.17, 15) is 26.4 Å². The Morgan fingerprint density at radius 2 is 1.77 bits per heavy atom. The molecule has 3 aromatic rings. The fourth-order valence-electron chi connectivity index (χ4n) is 3.82. The molecule has 1 saturated carbocycles. The molecule has 2 heterocycles. The molecular formula is C24H24ClF3N4O5S2. The number of rotatable bonds is 6. The summed E-state index contributed by atoms with van der Waals surface area (Å²) in [6, 6.07) is 8.24. The number of aryl methyl sites for hydroxylation is 2. The standard InChI is InChI=1S/C22H23ClN4O3S2.C2HF3O2/c1-13-7-8-16(11-18(13)32(29,30)27-17-9-10-24-19(23)12-17)20-14(2)25-22(31-20)26-21(28)15-5-3-4-6-15;3-2(4,5)1(6)7/h7-12,15H,3-6H2,1-2H3,(H,24,27)(H,25,26,28);(H,6,7). The quantitative estimate of drug-likeness (QED) is 0.292. The molecule has 1 aliphatic rings. The van der Waals surface area contributed by atoms with Gasteiger partial charge in [0.05, 0.1) is 21.2 Å². The Kier molecular flexibility index (Phi) is 9.56. The van der Waals surface area contributed by atoms with Crippen molar-refractivity contribution in [3.63, 3.8) is 0 Å². The summed E-state index contributed by atoms with van der Waals surface area (Å²) >= 11 is 7.22. The largest absolute Gasteiger partial charge is 0.490 e. The minimum absolute atomic E-state index is 0.00943. The van der Waals surface area contributed by atoms with Gasteiger partial charge in [-0.15, -0.1) is 0 Å². The lowest BCUT2D eigenvalue weighted by atomic mass is 10.1. The van der Waals surface area contributed by atoms with Crippen LogP contribution in [0.1, 0.15) is 36.9 Å². The van der Waals surface area contributed by atoms with Crippen molar-refractivity contribution in [1.82, 2.24) is 9.97 Å². The van der Waals surface area contributed by atoms with E-state index >= 15 is 0 Å². The number of hydrogen-bond donors (Lipinski definition) is 3. The number of aliphatic carboxylic acids is 1. The third-order valence-electron chi connectivity index (χ3n) is 5.71. The van der Waals surface area contributed by atoms with Crippen molar-refractivity contribution in [1.29, 1.82) is 0 Å². The highest BCUT2D eigenvalue weighted by Gasteiger charge is 2.38. The summed E-state index contributed by atoms with van der Waals surface area (Å²) in [4.78, 5) is 30.7. The smallest absolute Gasteiger partial charge is 0.475 e. The first-order valence-electron chi connectivity index (χ1n) is 11.5. The summed E-state index contributed by atoms with van der Waals surface area (Å²) in [5, 5.41) is 10.8. The second-order valence-electron chi connectivity index (χ2n) is 8.66. The number of aromatic nitrogens is 2. The number of sulfonamides is 1. The van der Waals surface area contributed by atoms with E-state index in [0.29, 0.717) is 16.4 Å². The Hall–Kier alpha value is -3.23. The number of thiazole rings is 1. The van der Waals surface area contributed by atoms with Gasteiger partial charge in [0.1, 0.15) is 5.15 Å². The molecule has 9 nitrogen and oxygen atoms in total. The zero-order valence-electron chi connectivity index (χ0n) is 20.7. The fourth-order valence-corrected chi connectivity index (χ4v) is 6.28. The predicted molar refractivity (Wildman–Crippen MR) is 141 cm³/mol. The summed E-state index contributed by atoms with van der Waals surface area (Å²) in [6.07, 6.45) is 0.350. The molecule has 0 unspecified atom stereocenters. The lowest BCUT2D eigenvalue weighted by Crippen LogP contribution is -2.21. The SMILES string of the molecule is Cc1ccc(-c2sc(NC(=O)C3CCCC3)nc2C)cc1S(=O)(=O)Nc1ccnc(Cl)c1.O=C(O)C(F)(F)F. The van der Waals surface area contributed by atoms with E-state index in [0.717, 1.165) is 41.8 Å². The van der Waals surface area contributed by atoms with Gasteiger partial charge in [0.15, 0.2) is 5.13 Å². The first-order chi connectivity index (χ1) is 18.2. The Balaban J connectivity index is 0.000000532. The summed E-state index contributed by atoms with van der Waals surface area (Å²) in [5.74, 6) is -2.70. The summed E-state index contributed by atoms with van der Waals surface area (Å²) < 4.78 is 60.4. The molecule has 3 N–H and O–H groups in total. The van der Waals surface area contributed by atoms with E-state index in [2.05, 4.69) is 20.0 Å². The van der Waals surface area contributed by atoms with E-state index in [1.807, 2.05) is 13.0 Å². The molecule has 0 bridgehead atoms. The molecule has 0 spiro atoms. The minimum Gasteiger partial charge on any atom is -0.475 e. The Labute approximate surface area is 231 Å². The number of carbonyl (C=O) groups is 2. The third kappa shape index (κ3) is 8.13. The zero-order chi connectivity index (χ0) is 29.0. The summed E-state index contributed by atoms with van der Waals surface area (Å²) in [6.45, 7) is 3.59. The average Bonchev–Trinajstić information content (AvgIpc) is 3.49. The summed E-state index contributed by atoms with van der Waals surface area (Å²) in [5.41, 5.74) is 2.40. The van der Waals surface area contributed by atoms with Gasteiger partial charge in [-0.1, -0.05) is 47.9 Å². The maximum absolute atomic E-state index is 13.1. The van der Waals surface area contributed by atoms with Crippen LogP contribution in [0.2, 0.25) is 5.15 Å². The number of halogens is 4. The second-order valence-corrected chi connectivity index (χ2v) is 11.7. The summed E-state index contributed by atoms with van der Waals surface area (Å²) in [7, 11) is -3.85. The van der Waals surface area contributed by atoms with Crippen molar-refractivity contribution in [2.75, 3.05) is 10.0 Å². The molecule has 39 heavy (non-hydrogen) atoms. The second kappa shape index (κ2) is 12.3. The van der Waals surface area contributed by atoms with Crippen LogP contribution in [-0.2, 0) is 19.6 Å². The molecule has 0 radical (unpaired) electrons. The highest BCUT2D eigenvalue weighted by molar-refractivity contribution is 7.92. The monoisotopic (exact) mass is 604 g/mol. The fraction of sp³-hybridized carbons (Fsp3) is 0.333. The molecule has 4 rings (SSSR count). The maximum Gasteiger partial charge on any atom is 0.490 e. The lowest BCUT2D eigenvalue weighted by Gasteiger charge is -2.12. The van der Waals surface area contributed by atoms with E-state index < -0.39 is 22.2 Å². The zero-order valence-corrected chi connectivity index (χ0v) is 23.1. The number of carboxylic acid groups (broad SMARTS) is 1. The van der Waals surface area contributed by atoms with Gasteiger partial charge in [-0.25, -0.2) is 23.2 Å². The van der Waals surface area contributed by atoms with Crippen LogP contribution in [-0.4, -0.2) is 41.5 Å². The first kappa shape index (κ1) is 30.3. The number of pyridine rings is 1. The molecule has 210 valence electrons.